The van der Waals surface area contributed by atoms with Crippen LogP contribution in [0.1, 0.15) is 17.9 Å². The molecule has 0 aliphatic carbocycles. The van der Waals surface area contributed by atoms with Gasteiger partial charge in [0.05, 0.1) is 0 Å². The summed E-state index contributed by atoms with van der Waals surface area (Å²) < 4.78 is 7.35. The Morgan fingerprint density at radius 3 is 2.31 bits per heavy atom. The Bertz CT molecular complexity index is 824. The lowest BCUT2D eigenvalue weighted by atomic mass is 9.88. The summed E-state index contributed by atoms with van der Waals surface area (Å²) in [6, 6.07) is 18.8. The van der Waals surface area contributed by atoms with E-state index in [-0.39, 0.29) is 6.10 Å². The van der Waals surface area contributed by atoms with E-state index in [0.29, 0.717) is 18.1 Å². The van der Waals surface area contributed by atoms with Crippen molar-refractivity contribution < 1.29 is 24.5 Å². The number of likely N-dealkylation sites (tertiary alicyclic amines) is 1. The van der Waals surface area contributed by atoms with Crippen LogP contribution in [0.3, 0.4) is 0 Å². The smallest absolute Gasteiger partial charge is 0.328 e. The van der Waals surface area contributed by atoms with Crippen molar-refractivity contribution in [2.45, 2.75) is 18.4 Å². The highest BCUT2D eigenvalue weighted by atomic mass is 79.9. The van der Waals surface area contributed by atoms with Crippen molar-refractivity contribution in [3.05, 3.63) is 76.8 Å². The molecular formula is C22H24BrNO5. The first-order chi connectivity index (χ1) is 13.8. The fourth-order valence-corrected chi connectivity index (χ4v) is 3.49. The molecule has 3 rings (SSSR count). The molecule has 1 heterocycles. The molecule has 7 heteroatoms. The average molecular weight is 462 g/mol. The number of carbonyl (C=O) groups is 2. The molecule has 1 aliphatic heterocycles. The summed E-state index contributed by atoms with van der Waals surface area (Å²) in [7, 11) is 2.19. The molecule has 29 heavy (non-hydrogen) atoms. The van der Waals surface area contributed by atoms with E-state index >= 15 is 0 Å². The number of hydrogen-bond acceptors (Lipinski definition) is 4. The average Bonchev–Trinajstić information content (AvgIpc) is 2.69. The molecule has 2 atom stereocenters. The Morgan fingerprint density at radius 1 is 1.07 bits per heavy atom. The molecule has 1 fully saturated rings. The summed E-state index contributed by atoms with van der Waals surface area (Å²) in [5, 5.41) is 15.6. The second-order valence-electron chi connectivity index (χ2n) is 6.69. The molecule has 2 unspecified atom stereocenters. The van der Waals surface area contributed by atoms with Gasteiger partial charge in [0.25, 0.3) is 0 Å². The number of aliphatic carboxylic acids is 2. The van der Waals surface area contributed by atoms with Gasteiger partial charge in [-0.25, -0.2) is 9.59 Å². The Hall–Kier alpha value is -2.64. The van der Waals surface area contributed by atoms with Crippen LogP contribution in [0.25, 0.3) is 0 Å². The number of carboxylic acid groups (broad SMARTS) is 2. The maximum absolute atomic E-state index is 9.55. The molecule has 0 bridgehead atoms. The van der Waals surface area contributed by atoms with Crippen molar-refractivity contribution in [3.63, 3.8) is 0 Å². The molecule has 2 aromatic carbocycles. The molecule has 2 N–H and O–H groups in total. The number of ether oxygens (including phenoxy) is 1. The SMILES string of the molecule is CN1CCC(Oc2cccc(Br)c2)C(c2ccccc2)C1.O=C(O)C=CC(=O)O. The van der Waals surface area contributed by atoms with Gasteiger partial charge in [-0.2, -0.15) is 0 Å². The maximum atomic E-state index is 9.55. The van der Waals surface area contributed by atoms with Crippen molar-refractivity contribution in [3.8, 4) is 5.75 Å². The Labute approximate surface area is 178 Å². The molecule has 0 spiro atoms. The van der Waals surface area contributed by atoms with Crippen LogP contribution in [-0.2, 0) is 9.59 Å². The lowest BCUT2D eigenvalue weighted by molar-refractivity contribution is -0.134. The first kappa shape index (κ1) is 22.6. The van der Waals surface area contributed by atoms with Crippen LogP contribution in [0.2, 0.25) is 0 Å². The van der Waals surface area contributed by atoms with Gasteiger partial charge >= 0.3 is 11.9 Å². The molecule has 0 saturated carbocycles. The van der Waals surface area contributed by atoms with Crippen molar-refractivity contribution >= 4 is 27.9 Å². The Morgan fingerprint density at radius 2 is 1.72 bits per heavy atom. The second-order valence-corrected chi connectivity index (χ2v) is 7.61. The summed E-state index contributed by atoms with van der Waals surface area (Å²) in [5.74, 6) is -1.15. The fourth-order valence-electron chi connectivity index (χ4n) is 3.11. The summed E-state index contributed by atoms with van der Waals surface area (Å²) in [5.41, 5.74) is 1.36. The lowest BCUT2D eigenvalue weighted by Crippen LogP contribution is -2.42. The summed E-state index contributed by atoms with van der Waals surface area (Å²) in [4.78, 5) is 21.5. The predicted octanol–water partition coefficient (Wildman–Crippen LogP) is 4.03. The number of hydrogen-bond donors (Lipinski definition) is 2. The van der Waals surface area contributed by atoms with Gasteiger partial charge in [-0.1, -0.05) is 52.3 Å². The number of carboxylic acids is 2. The molecule has 6 nitrogen and oxygen atoms in total. The van der Waals surface area contributed by atoms with E-state index in [1.807, 2.05) is 24.3 Å². The number of likely N-dealkylation sites (N-methyl/N-ethyl adjacent to an activating group) is 1. The molecule has 1 saturated heterocycles. The van der Waals surface area contributed by atoms with E-state index in [1.165, 1.54) is 5.56 Å². The zero-order chi connectivity index (χ0) is 21.2. The van der Waals surface area contributed by atoms with Crippen molar-refractivity contribution in [2.75, 3.05) is 20.1 Å². The third-order valence-corrected chi connectivity index (χ3v) is 4.93. The van der Waals surface area contributed by atoms with E-state index in [2.05, 4.69) is 58.2 Å². The fraction of sp³-hybridized carbons (Fsp3) is 0.273. The van der Waals surface area contributed by atoms with Gasteiger partial charge < -0.3 is 19.8 Å². The van der Waals surface area contributed by atoms with Crippen LogP contribution >= 0.6 is 15.9 Å². The van der Waals surface area contributed by atoms with E-state index in [0.717, 1.165) is 29.7 Å². The monoisotopic (exact) mass is 461 g/mol. The van der Waals surface area contributed by atoms with Gasteiger partial charge in [-0.05, 0) is 37.2 Å². The largest absolute Gasteiger partial charge is 0.490 e. The topological polar surface area (TPSA) is 87.1 Å². The molecule has 154 valence electrons. The minimum absolute atomic E-state index is 0.234. The van der Waals surface area contributed by atoms with Crippen LogP contribution < -0.4 is 4.74 Å². The third kappa shape index (κ3) is 8.09. The van der Waals surface area contributed by atoms with Gasteiger partial charge in [0.15, 0.2) is 0 Å². The quantitative estimate of drug-likeness (QED) is 0.653. The zero-order valence-electron chi connectivity index (χ0n) is 16.1. The van der Waals surface area contributed by atoms with Gasteiger partial charge in [-0.3, -0.25) is 0 Å². The number of benzene rings is 2. The normalized spacial score (nSPS) is 19.2. The van der Waals surface area contributed by atoms with E-state index < -0.39 is 11.9 Å². The number of halogens is 1. The number of rotatable bonds is 5. The maximum Gasteiger partial charge on any atom is 0.328 e. The van der Waals surface area contributed by atoms with Crippen molar-refractivity contribution in [1.29, 1.82) is 0 Å². The lowest BCUT2D eigenvalue weighted by Gasteiger charge is -2.37. The second kappa shape index (κ2) is 11.4. The minimum Gasteiger partial charge on any atom is -0.490 e. The predicted molar refractivity (Wildman–Crippen MR) is 114 cm³/mol. The zero-order valence-corrected chi connectivity index (χ0v) is 17.7. The number of nitrogens with zero attached hydrogens (tertiary/aromatic N) is 1. The highest BCUT2D eigenvalue weighted by Crippen LogP contribution is 2.31. The summed E-state index contributed by atoms with van der Waals surface area (Å²) in [6.07, 6.45) is 2.41. The van der Waals surface area contributed by atoms with Crippen molar-refractivity contribution in [1.82, 2.24) is 4.90 Å². The third-order valence-electron chi connectivity index (χ3n) is 4.43. The molecule has 0 amide bonds. The van der Waals surface area contributed by atoms with Crippen LogP contribution in [-0.4, -0.2) is 53.3 Å². The van der Waals surface area contributed by atoms with Gasteiger partial charge in [0.1, 0.15) is 11.9 Å². The van der Waals surface area contributed by atoms with E-state index in [9.17, 15) is 9.59 Å². The standard InChI is InChI=1S/C18H20BrNO.C4H4O4/c1-20-11-10-18(21-16-9-5-8-15(19)12-16)17(13-20)14-6-3-2-4-7-14;5-3(6)1-2-4(7)8/h2-9,12,17-18H,10-11,13H2,1H3;1-2H,(H,5,6)(H,7,8). The molecule has 0 radical (unpaired) electrons. The van der Waals surface area contributed by atoms with E-state index in [4.69, 9.17) is 14.9 Å². The molecular weight excluding hydrogens is 438 g/mol. The van der Waals surface area contributed by atoms with Crippen LogP contribution in [0, 0.1) is 0 Å². The van der Waals surface area contributed by atoms with Crippen LogP contribution in [0.15, 0.2) is 71.2 Å². The van der Waals surface area contributed by atoms with Crippen LogP contribution in [0.4, 0.5) is 0 Å². The van der Waals surface area contributed by atoms with Crippen molar-refractivity contribution in [2.24, 2.45) is 0 Å². The Balaban J connectivity index is 0.000000321. The highest BCUT2D eigenvalue weighted by molar-refractivity contribution is 9.10. The van der Waals surface area contributed by atoms with Gasteiger partial charge in [-0.15, -0.1) is 0 Å². The first-order valence-corrected chi connectivity index (χ1v) is 9.94. The molecule has 0 aromatic heterocycles. The molecule has 2 aromatic rings. The number of piperidine rings is 1. The van der Waals surface area contributed by atoms with Crippen LogP contribution in [0.5, 0.6) is 5.75 Å². The highest BCUT2D eigenvalue weighted by Gasteiger charge is 2.30. The summed E-state index contributed by atoms with van der Waals surface area (Å²) in [6.45, 7) is 2.13. The Kier molecular flexibility index (Phi) is 8.89. The van der Waals surface area contributed by atoms with Gasteiger partial charge in [0.2, 0.25) is 0 Å². The minimum atomic E-state index is -1.26. The van der Waals surface area contributed by atoms with Gasteiger partial charge in [0, 0.05) is 35.6 Å². The molecule has 1 aliphatic rings. The van der Waals surface area contributed by atoms with E-state index in [1.54, 1.807) is 0 Å². The summed E-state index contributed by atoms with van der Waals surface area (Å²) >= 11 is 3.51. The first-order valence-electron chi connectivity index (χ1n) is 9.15.